The first-order valence-corrected chi connectivity index (χ1v) is 8.46. The predicted molar refractivity (Wildman–Crippen MR) is 91.1 cm³/mol. The predicted octanol–water partition coefficient (Wildman–Crippen LogP) is 2.71. The molecule has 1 N–H and O–H groups in total. The first kappa shape index (κ1) is 15.6. The van der Waals surface area contributed by atoms with Gasteiger partial charge in [0.05, 0.1) is 13.2 Å². The van der Waals surface area contributed by atoms with E-state index < -0.39 is 0 Å². The molecule has 4 nitrogen and oxygen atoms in total. The molecule has 1 aromatic carbocycles. The monoisotopic (exact) mass is 320 g/mol. The summed E-state index contributed by atoms with van der Waals surface area (Å²) in [5.74, 6) is 0.890. The van der Waals surface area contributed by atoms with Gasteiger partial charge in [0.15, 0.2) is 5.11 Å². The van der Waals surface area contributed by atoms with E-state index in [0.717, 1.165) is 43.4 Å². The van der Waals surface area contributed by atoms with Gasteiger partial charge in [-0.1, -0.05) is 12.1 Å². The van der Waals surface area contributed by atoms with E-state index in [-0.39, 0.29) is 0 Å². The second-order valence-corrected chi connectivity index (χ2v) is 6.41. The Morgan fingerprint density at radius 1 is 1.32 bits per heavy atom. The van der Waals surface area contributed by atoms with Crippen molar-refractivity contribution in [1.82, 2.24) is 10.2 Å². The Balaban J connectivity index is 1.55. The van der Waals surface area contributed by atoms with Crippen LogP contribution in [0.3, 0.4) is 0 Å². The number of benzene rings is 1. The summed E-state index contributed by atoms with van der Waals surface area (Å²) in [6.45, 7) is 2.56. The van der Waals surface area contributed by atoms with E-state index >= 15 is 0 Å². The highest BCUT2D eigenvalue weighted by Crippen LogP contribution is 2.29. The van der Waals surface area contributed by atoms with Gasteiger partial charge >= 0.3 is 0 Å². The van der Waals surface area contributed by atoms with Crippen LogP contribution in [0, 0.1) is 0 Å². The molecule has 1 atom stereocenters. The maximum atomic E-state index is 5.65. The number of ether oxygens (including phenoxy) is 2. The minimum atomic E-state index is 0.319. The molecule has 1 saturated carbocycles. The number of hydrogen-bond acceptors (Lipinski definition) is 3. The van der Waals surface area contributed by atoms with Crippen molar-refractivity contribution in [1.29, 1.82) is 0 Å². The molecule has 1 aromatic rings. The lowest BCUT2D eigenvalue weighted by atomic mass is 10.2. The van der Waals surface area contributed by atoms with Gasteiger partial charge < -0.3 is 19.7 Å². The molecule has 1 heterocycles. The molecule has 2 aliphatic rings. The third-order valence-corrected chi connectivity index (χ3v) is 4.64. The van der Waals surface area contributed by atoms with Crippen molar-refractivity contribution in [2.75, 3.05) is 20.3 Å². The quantitative estimate of drug-likeness (QED) is 0.815. The summed E-state index contributed by atoms with van der Waals surface area (Å²) in [5, 5.41) is 4.25. The Morgan fingerprint density at radius 3 is 2.68 bits per heavy atom. The number of nitrogens with one attached hydrogen (secondary N) is 1. The maximum absolute atomic E-state index is 5.65. The van der Waals surface area contributed by atoms with Crippen LogP contribution in [0.5, 0.6) is 5.75 Å². The molecule has 0 bridgehead atoms. The van der Waals surface area contributed by atoms with Gasteiger partial charge in [-0.15, -0.1) is 0 Å². The summed E-state index contributed by atoms with van der Waals surface area (Å²) in [6.07, 6.45) is 5.09. The lowest BCUT2D eigenvalue weighted by molar-refractivity contribution is 0.113. The molecular weight excluding hydrogens is 296 g/mol. The Labute approximate surface area is 137 Å². The molecule has 0 spiro atoms. The largest absolute Gasteiger partial charge is 0.497 e. The molecule has 0 aromatic heterocycles. The zero-order valence-electron chi connectivity index (χ0n) is 13.1. The van der Waals surface area contributed by atoms with Gasteiger partial charge in [-0.05, 0) is 55.6 Å². The number of methoxy groups -OCH3 is 1. The summed E-state index contributed by atoms with van der Waals surface area (Å²) in [4.78, 5) is 2.31. The van der Waals surface area contributed by atoms with Crippen LogP contribution in [0.1, 0.15) is 31.2 Å². The molecule has 0 amide bonds. The van der Waals surface area contributed by atoms with Crippen LogP contribution in [0.25, 0.3) is 0 Å². The summed E-state index contributed by atoms with van der Waals surface area (Å²) in [6, 6.07) is 8.81. The number of thiocarbonyl (C=S) groups is 1. The topological polar surface area (TPSA) is 33.7 Å². The lowest BCUT2D eigenvalue weighted by Gasteiger charge is -2.27. The molecule has 1 aliphatic carbocycles. The highest BCUT2D eigenvalue weighted by Gasteiger charge is 2.31. The second-order valence-electron chi connectivity index (χ2n) is 6.03. The standard InChI is InChI=1S/C17H24N2O2S/c1-20-15-8-4-13(5-9-15)12-19(14-6-7-14)17(22)18-11-16-3-2-10-21-16/h4-5,8-9,14,16H,2-3,6-7,10-12H2,1H3,(H,18,22)/t16-/m1/s1. The summed E-state index contributed by atoms with van der Waals surface area (Å²) < 4.78 is 10.9. The smallest absolute Gasteiger partial charge is 0.169 e. The van der Waals surface area contributed by atoms with Crippen LogP contribution in [0.2, 0.25) is 0 Å². The number of rotatable bonds is 6. The van der Waals surface area contributed by atoms with E-state index in [0.29, 0.717) is 12.1 Å². The third-order valence-electron chi connectivity index (χ3n) is 4.27. The molecule has 1 saturated heterocycles. The van der Waals surface area contributed by atoms with Crippen LogP contribution in [-0.4, -0.2) is 42.4 Å². The molecule has 3 rings (SSSR count). The molecule has 1 aliphatic heterocycles. The Bertz CT molecular complexity index is 496. The normalized spacial score (nSPS) is 20.7. The van der Waals surface area contributed by atoms with Gasteiger partial charge in [0.1, 0.15) is 5.75 Å². The van der Waals surface area contributed by atoms with Crippen LogP contribution in [0.15, 0.2) is 24.3 Å². The molecule has 0 radical (unpaired) electrons. The zero-order valence-corrected chi connectivity index (χ0v) is 13.9. The van der Waals surface area contributed by atoms with Crippen LogP contribution >= 0.6 is 12.2 Å². The van der Waals surface area contributed by atoms with E-state index in [1.165, 1.54) is 18.4 Å². The van der Waals surface area contributed by atoms with E-state index in [1.54, 1.807) is 7.11 Å². The van der Waals surface area contributed by atoms with Crippen molar-refractivity contribution < 1.29 is 9.47 Å². The molecule has 22 heavy (non-hydrogen) atoms. The average molecular weight is 320 g/mol. The average Bonchev–Trinajstić information content (AvgIpc) is 3.26. The molecular formula is C17H24N2O2S. The van der Waals surface area contributed by atoms with Gasteiger partial charge in [0, 0.05) is 25.7 Å². The van der Waals surface area contributed by atoms with Crippen molar-refractivity contribution in [3.63, 3.8) is 0 Å². The second kappa shape index (κ2) is 7.29. The van der Waals surface area contributed by atoms with Crippen LogP contribution < -0.4 is 10.1 Å². The lowest BCUT2D eigenvalue weighted by Crippen LogP contribution is -2.43. The van der Waals surface area contributed by atoms with Gasteiger partial charge in [-0.3, -0.25) is 0 Å². The minimum Gasteiger partial charge on any atom is -0.497 e. The number of hydrogen-bond donors (Lipinski definition) is 1. The molecule has 120 valence electrons. The molecule has 2 fully saturated rings. The van der Waals surface area contributed by atoms with Gasteiger partial charge in [0.2, 0.25) is 0 Å². The third kappa shape index (κ3) is 4.11. The fraction of sp³-hybridized carbons (Fsp3) is 0.588. The first-order chi connectivity index (χ1) is 10.8. The van der Waals surface area contributed by atoms with Gasteiger partial charge in [-0.25, -0.2) is 0 Å². The van der Waals surface area contributed by atoms with Crippen LogP contribution in [-0.2, 0) is 11.3 Å². The fourth-order valence-corrected chi connectivity index (χ4v) is 3.09. The Kier molecular flexibility index (Phi) is 5.16. The summed E-state index contributed by atoms with van der Waals surface area (Å²) >= 11 is 5.61. The van der Waals surface area contributed by atoms with Crippen molar-refractivity contribution >= 4 is 17.3 Å². The van der Waals surface area contributed by atoms with E-state index in [9.17, 15) is 0 Å². The van der Waals surface area contributed by atoms with E-state index in [2.05, 4.69) is 22.3 Å². The van der Waals surface area contributed by atoms with Gasteiger partial charge in [-0.2, -0.15) is 0 Å². The van der Waals surface area contributed by atoms with E-state index in [1.807, 2.05) is 12.1 Å². The highest BCUT2D eigenvalue weighted by molar-refractivity contribution is 7.80. The fourth-order valence-electron chi connectivity index (χ4n) is 2.79. The van der Waals surface area contributed by atoms with Crippen LogP contribution in [0.4, 0.5) is 0 Å². The minimum absolute atomic E-state index is 0.319. The summed E-state index contributed by atoms with van der Waals surface area (Å²) in [5.41, 5.74) is 1.26. The zero-order chi connectivity index (χ0) is 15.4. The molecule has 0 unspecified atom stereocenters. The number of nitrogens with zero attached hydrogens (tertiary/aromatic N) is 1. The van der Waals surface area contributed by atoms with Crippen molar-refractivity contribution in [2.45, 2.75) is 44.4 Å². The summed E-state index contributed by atoms with van der Waals surface area (Å²) in [7, 11) is 1.69. The van der Waals surface area contributed by atoms with Crippen molar-refractivity contribution in [3.05, 3.63) is 29.8 Å². The Morgan fingerprint density at radius 2 is 2.09 bits per heavy atom. The first-order valence-electron chi connectivity index (χ1n) is 8.05. The van der Waals surface area contributed by atoms with Gasteiger partial charge in [0.25, 0.3) is 0 Å². The highest BCUT2D eigenvalue weighted by atomic mass is 32.1. The van der Waals surface area contributed by atoms with Crippen molar-refractivity contribution in [3.8, 4) is 5.75 Å². The maximum Gasteiger partial charge on any atom is 0.169 e. The van der Waals surface area contributed by atoms with E-state index in [4.69, 9.17) is 21.7 Å². The SMILES string of the molecule is COc1ccc(CN(C(=S)NC[C@H]2CCCO2)C2CC2)cc1. The van der Waals surface area contributed by atoms with Crippen molar-refractivity contribution in [2.24, 2.45) is 0 Å². The molecule has 5 heteroatoms. The Hall–Kier alpha value is -1.33.